The van der Waals surface area contributed by atoms with Gasteiger partial charge in [0, 0.05) is 25.2 Å². The van der Waals surface area contributed by atoms with Crippen LogP contribution < -0.4 is 0 Å². The third-order valence-electron chi connectivity index (χ3n) is 3.56. The monoisotopic (exact) mass is 208 g/mol. The van der Waals surface area contributed by atoms with Gasteiger partial charge in [0.15, 0.2) is 0 Å². The lowest BCUT2D eigenvalue weighted by Crippen LogP contribution is -2.04. The molecule has 0 unspecified atom stereocenters. The number of hydrogen-bond donors (Lipinski definition) is 2. The van der Waals surface area contributed by atoms with Gasteiger partial charge in [-0.15, -0.1) is 0 Å². The molecule has 0 bridgehead atoms. The minimum absolute atomic E-state index is 0.272. The van der Waals surface area contributed by atoms with Crippen LogP contribution in [0.4, 0.5) is 0 Å². The zero-order valence-electron chi connectivity index (χ0n) is 8.36. The molecule has 1 fully saturated rings. The quantitative estimate of drug-likeness (QED) is 0.764. The normalized spacial score (nSPS) is 31.1. The van der Waals surface area contributed by atoms with Crippen LogP contribution in [0.15, 0.2) is 0 Å². The molecule has 0 saturated heterocycles. The Hall–Kier alpha value is -1.36. The summed E-state index contributed by atoms with van der Waals surface area (Å²) in [5.41, 5.74) is 2.14. The van der Waals surface area contributed by atoms with E-state index in [4.69, 9.17) is 9.84 Å². The van der Waals surface area contributed by atoms with Crippen LogP contribution in [0.5, 0.6) is 0 Å². The van der Waals surface area contributed by atoms with E-state index in [1.807, 2.05) is 0 Å². The highest BCUT2D eigenvalue weighted by atomic mass is 16.5. The maximum Gasteiger partial charge on any atom is 0.354 e. The van der Waals surface area contributed by atoms with Crippen LogP contribution >= 0.6 is 0 Å². The molecule has 0 spiro atoms. The predicted octanol–water partition coefficient (Wildman–Crippen LogP) is 0.640. The fraction of sp³-hybridized carbons (Fsp3) is 0.600. The van der Waals surface area contributed by atoms with Crippen molar-refractivity contribution in [3.8, 4) is 0 Å². The van der Waals surface area contributed by atoms with E-state index in [0.29, 0.717) is 17.8 Å². The number of H-pyrrole nitrogens is 1. The molecular weight excluding hydrogens is 196 g/mol. The van der Waals surface area contributed by atoms with Crippen molar-refractivity contribution in [3.05, 3.63) is 17.0 Å². The Morgan fingerprint density at radius 2 is 2.53 bits per heavy atom. The molecule has 0 aliphatic heterocycles. The first-order valence-electron chi connectivity index (χ1n) is 5.03. The van der Waals surface area contributed by atoms with Crippen LogP contribution in [-0.2, 0) is 11.2 Å². The Morgan fingerprint density at radius 3 is 3.20 bits per heavy atom. The summed E-state index contributed by atoms with van der Waals surface area (Å²) < 4.78 is 5.12. The second-order valence-corrected chi connectivity index (χ2v) is 4.28. The number of carbonyl (C=O) groups is 1. The lowest BCUT2D eigenvalue weighted by atomic mass is 10.1. The summed E-state index contributed by atoms with van der Waals surface area (Å²) in [6, 6.07) is 0. The van der Waals surface area contributed by atoms with Gasteiger partial charge in [0.2, 0.25) is 0 Å². The molecule has 2 aliphatic rings. The Bertz CT molecular complexity index is 426. The van der Waals surface area contributed by atoms with Gasteiger partial charge < -0.3 is 9.84 Å². The first kappa shape index (κ1) is 8.91. The minimum Gasteiger partial charge on any atom is -0.477 e. The third-order valence-corrected chi connectivity index (χ3v) is 3.56. The van der Waals surface area contributed by atoms with Crippen LogP contribution in [0.1, 0.15) is 27.7 Å². The van der Waals surface area contributed by atoms with Gasteiger partial charge in [-0.3, -0.25) is 5.10 Å². The zero-order valence-corrected chi connectivity index (χ0v) is 8.36. The molecule has 2 N–H and O–H groups in total. The van der Waals surface area contributed by atoms with Crippen molar-refractivity contribution < 1.29 is 14.6 Å². The Balaban J connectivity index is 1.88. The van der Waals surface area contributed by atoms with E-state index in [0.717, 1.165) is 24.3 Å². The van der Waals surface area contributed by atoms with E-state index < -0.39 is 5.97 Å². The van der Waals surface area contributed by atoms with Crippen molar-refractivity contribution >= 4 is 5.97 Å². The molecule has 0 aromatic carbocycles. The molecule has 15 heavy (non-hydrogen) atoms. The van der Waals surface area contributed by atoms with E-state index >= 15 is 0 Å². The SMILES string of the molecule is COC[C@H]1[C@@H]2Cc3c(n[nH]c3C(=O)O)[C@H]12. The summed E-state index contributed by atoms with van der Waals surface area (Å²) in [5.74, 6) is 0.639. The van der Waals surface area contributed by atoms with Gasteiger partial charge in [-0.1, -0.05) is 0 Å². The smallest absolute Gasteiger partial charge is 0.354 e. The minimum atomic E-state index is -0.909. The number of hydrogen-bond acceptors (Lipinski definition) is 3. The van der Waals surface area contributed by atoms with Crippen molar-refractivity contribution in [2.24, 2.45) is 11.8 Å². The summed E-state index contributed by atoms with van der Waals surface area (Å²) in [6.07, 6.45) is 0.839. The van der Waals surface area contributed by atoms with Crippen LogP contribution in [0.2, 0.25) is 0 Å². The molecule has 3 rings (SSSR count). The van der Waals surface area contributed by atoms with Gasteiger partial charge in [0.05, 0.1) is 5.69 Å². The number of nitrogens with zero attached hydrogens (tertiary/aromatic N) is 1. The number of carboxylic acid groups (broad SMARTS) is 1. The second kappa shape index (κ2) is 2.82. The number of nitrogens with one attached hydrogen (secondary N) is 1. The Morgan fingerprint density at radius 1 is 1.73 bits per heavy atom. The number of carboxylic acids is 1. The summed E-state index contributed by atoms with van der Waals surface area (Å²) in [7, 11) is 1.70. The van der Waals surface area contributed by atoms with Crippen molar-refractivity contribution in [1.82, 2.24) is 10.2 Å². The summed E-state index contributed by atoms with van der Waals surface area (Å²) in [6.45, 7) is 0.754. The van der Waals surface area contributed by atoms with Crippen molar-refractivity contribution in [2.45, 2.75) is 12.3 Å². The van der Waals surface area contributed by atoms with Gasteiger partial charge in [-0.25, -0.2) is 4.79 Å². The van der Waals surface area contributed by atoms with Crippen LogP contribution in [0, 0.1) is 11.8 Å². The third kappa shape index (κ3) is 1.07. The molecule has 2 aliphatic carbocycles. The van der Waals surface area contributed by atoms with Gasteiger partial charge in [-0.2, -0.15) is 5.10 Å². The number of rotatable bonds is 3. The highest BCUT2D eigenvalue weighted by Crippen LogP contribution is 2.61. The van der Waals surface area contributed by atoms with E-state index in [2.05, 4.69) is 10.2 Å². The molecule has 1 heterocycles. The standard InChI is InChI=1S/C10H12N2O3/c1-15-3-6-4-2-5-8(7(4)6)11-12-9(5)10(13)14/h4,6-7H,2-3H2,1H3,(H,11,12)(H,13,14)/t4-,6-,7-/m0/s1. The van der Waals surface area contributed by atoms with Crippen LogP contribution in [-0.4, -0.2) is 35.0 Å². The average Bonchev–Trinajstić information content (AvgIpc) is 2.60. The summed E-state index contributed by atoms with van der Waals surface area (Å²) >= 11 is 0. The lowest BCUT2D eigenvalue weighted by Gasteiger charge is -2.01. The Kier molecular flexibility index (Phi) is 1.68. The van der Waals surface area contributed by atoms with Crippen molar-refractivity contribution in [2.75, 3.05) is 13.7 Å². The van der Waals surface area contributed by atoms with Gasteiger partial charge >= 0.3 is 5.97 Å². The summed E-state index contributed by atoms with van der Waals surface area (Å²) in [4.78, 5) is 10.9. The van der Waals surface area contributed by atoms with Gasteiger partial charge in [0.1, 0.15) is 5.69 Å². The largest absolute Gasteiger partial charge is 0.477 e. The average molecular weight is 208 g/mol. The summed E-state index contributed by atoms with van der Waals surface area (Å²) in [5, 5.41) is 15.6. The number of methoxy groups -OCH3 is 1. The number of fused-ring (bicyclic) bond motifs is 3. The Labute approximate surface area is 86.4 Å². The first-order chi connectivity index (χ1) is 7.24. The van der Waals surface area contributed by atoms with Crippen LogP contribution in [0.25, 0.3) is 0 Å². The molecule has 5 heteroatoms. The molecule has 1 aromatic rings. The fourth-order valence-corrected chi connectivity index (χ4v) is 2.82. The molecule has 1 saturated carbocycles. The number of aromatic nitrogens is 2. The molecular formula is C10H12N2O3. The fourth-order valence-electron chi connectivity index (χ4n) is 2.82. The van der Waals surface area contributed by atoms with Crippen LogP contribution in [0.3, 0.4) is 0 Å². The number of ether oxygens (including phenoxy) is 1. The highest BCUT2D eigenvalue weighted by Gasteiger charge is 2.58. The van der Waals surface area contributed by atoms with E-state index in [-0.39, 0.29) is 5.69 Å². The molecule has 5 nitrogen and oxygen atoms in total. The van der Waals surface area contributed by atoms with Crippen molar-refractivity contribution in [3.63, 3.8) is 0 Å². The maximum absolute atomic E-state index is 10.9. The van der Waals surface area contributed by atoms with Crippen molar-refractivity contribution in [1.29, 1.82) is 0 Å². The lowest BCUT2D eigenvalue weighted by molar-refractivity contribution is 0.0689. The molecule has 3 atom stereocenters. The zero-order chi connectivity index (χ0) is 10.6. The number of aromatic carboxylic acids is 1. The van der Waals surface area contributed by atoms with Gasteiger partial charge in [-0.05, 0) is 18.3 Å². The van der Waals surface area contributed by atoms with Gasteiger partial charge in [0.25, 0.3) is 0 Å². The second-order valence-electron chi connectivity index (χ2n) is 4.28. The molecule has 0 radical (unpaired) electrons. The maximum atomic E-state index is 10.9. The topological polar surface area (TPSA) is 75.2 Å². The number of aromatic amines is 1. The molecule has 1 aromatic heterocycles. The predicted molar refractivity (Wildman–Crippen MR) is 50.8 cm³/mol. The molecule has 0 amide bonds. The van der Waals surface area contributed by atoms with E-state index in [1.165, 1.54) is 0 Å². The van der Waals surface area contributed by atoms with E-state index in [9.17, 15) is 4.79 Å². The molecule has 80 valence electrons. The first-order valence-corrected chi connectivity index (χ1v) is 5.03. The highest BCUT2D eigenvalue weighted by molar-refractivity contribution is 5.87. The van der Waals surface area contributed by atoms with E-state index in [1.54, 1.807) is 7.11 Å².